The Morgan fingerprint density at radius 1 is 0.714 bits per heavy atom. The number of aliphatic imine (C=N–C) groups is 2. The average Bonchev–Trinajstić information content (AvgIpc) is 3.24. The molecular weight excluding hydrogens is 344 g/mol. The Morgan fingerprint density at radius 2 is 1.32 bits per heavy atom. The molecule has 146 valence electrons. The van der Waals surface area contributed by atoms with Crippen LogP contribution >= 0.6 is 0 Å². The molecule has 0 aromatic heterocycles. The van der Waals surface area contributed by atoms with Crippen molar-refractivity contribution in [2.75, 3.05) is 13.1 Å². The highest BCUT2D eigenvalue weighted by atomic mass is 16.1. The van der Waals surface area contributed by atoms with E-state index in [2.05, 4.69) is 12.2 Å². The third-order valence-corrected chi connectivity index (χ3v) is 6.06. The highest BCUT2D eigenvalue weighted by Gasteiger charge is 2.16. The van der Waals surface area contributed by atoms with Crippen LogP contribution in [0.3, 0.4) is 0 Å². The molecule has 28 heavy (non-hydrogen) atoms. The first-order chi connectivity index (χ1) is 13.8. The molecule has 2 saturated carbocycles. The van der Waals surface area contributed by atoms with Crippen LogP contribution in [0.25, 0.3) is 0 Å². The highest BCUT2D eigenvalue weighted by molar-refractivity contribution is 6.50. The first-order valence-electron chi connectivity index (χ1n) is 10.9. The van der Waals surface area contributed by atoms with Crippen molar-refractivity contribution in [1.82, 2.24) is 0 Å². The first-order valence-corrected chi connectivity index (χ1v) is 10.9. The molecule has 1 aromatic carbocycles. The number of allylic oxidation sites excluding steroid dienone is 4. The molecule has 0 amide bonds. The molecule has 0 spiro atoms. The Labute approximate surface area is 168 Å². The molecule has 0 unspecified atom stereocenters. The lowest BCUT2D eigenvalue weighted by Crippen LogP contribution is -2.18. The minimum atomic E-state index is 0.116. The normalized spacial score (nSPS) is 20.9. The van der Waals surface area contributed by atoms with Crippen LogP contribution in [-0.2, 0) is 6.42 Å². The largest absolute Gasteiger partial charge is 0.292 e. The maximum Gasteiger partial charge on any atom is 0.184 e. The van der Waals surface area contributed by atoms with Crippen molar-refractivity contribution in [2.45, 2.75) is 64.2 Å². The molecular formula is C25H30N2O. The fraction of sp³-hybridized carbons (Fsp3) is 0.480. The van der Waals surface area contributed by atoms with Crippen LogP contribution < -0.4 is 0 Å². The van der Waals surface area contributed by atoms with Crippen molar-refractivity contribution in [2.24, 2.45) is 9.98 Å². The van der Waals surface area contributed by atoms with Gasteiger partial charge in [-0.2, -0.15) is 0 Å². The second kappa shape index (κ2) is 9.27. The standard InChI is InChI=1S/C25H30N2O/c28-25-18-27-24(17-19-8-2-1-3-9-19)23(16-20-10-4-5-11-20)26-15-14-21-12-6-7-13-22(21)25/h6-7,12-13,16-17H,1-5,8-11,14-15,18H2. The van der Waals surface area contributed by atoms with Crippen LogP contribution in [-0.4, -0.2) is 30.3 Å². The SMILES string of the molecule is O=C1CN=C(C=C2CCCCC2)C(C=C2CCCC2)=NCCc2ccccc21. The smallest absolute Gasteiger partial charge is 0.184 e. The van der Waals surface area contributed by atoms with E-state index in [-0.39, 0.29) is 12.3 Å². The van der Waals surface area contributed by atoms with Gasteiger partial charge in [0, 0.05) is 12.1 Å². The van der Waals surface area contributed by atoms with E-state index < -0.39 is 0 Å². The Balaban J connectivity index is 1.70. The lowest BCUT2D eigenvalue weighted by molar-refractivity contribution is 0.100. The van der Waals surface area contributed by atoms with Crippen LogP contribution in [0.2, 0.25) is 0 Å². The molecule has 1 aromatic rings. The fourth-order valence-corrected chi connectivity index (χ4v) is 4.46. The topological polar surface area (TPSA) is 41.8 Å². The van der Waals surface area contributed by atoms with Crippen LogP contribution in [0.4, 0.5) is 0 Å². The van der Waals surface area contributed by atoms with Gasteiger partial charge in [-0.15, -0.1) is 0 Å². The van der Waals surface area contributed by atoms with Gasteiger partial charge in [0.1, 0.15) is 6.54 Å². The van der Waals surface area contributed by atoms with Crippen molar-refractivity contribution in [1.29, 1.82) is 0 Å². The van der Waals surface area contributed by atoms with Gasteiger partial charge in [-0.3, -0.25) is 14.8 Å². The van der Waals surface area contributed by atoms with Gasteiger partial charge in [0.25, 0.3) is 0 Å². The molecule has 0 N–H and O–H groups in total. The van der Waals surface area contributed by atoms with Crippen molar-refractivity contribution < 1.29 is 4.79 Å². The minimum absolute atomic E-state index is 0.116. The minimum Gasteiger partial charge on any atom is -0.292 e. The summed E-state index contributed by atoms with van der Waals surface area (Å²) in [7, 11) is 0. The van der Waals surface area contributed by atoms with E-state index in [4.69, 9.17) is 9.98 Å². The number of rotatable bonds is 2. The van der Waals surface area contributed by atoms with Gasteiger partial charge in [0.2, 0.25) is 0 Å². The zero-order valence-electron chi connectivity index (χ0n) is 16.8. The molecule has 1 heterocycles. The Kier molecular flexibility index (Phi) is 6.31. The van der Waals surface area contributed by atoms with Gasteiger partial charge in [0.05, 0.1) is 11.4 Å². The number of hydrogen-bond acceptors (Lipinski definition) is 3. The Hall–Kier alpha value is -2.29. The Bertz CT molecular complexity index is 841. The number of ketones is 1. The lowest BCUT2D eigenvalue weighted by atomic mass is 9.93. The third-order valence-electron chi connectivity index (χ3n) is 6.06. The molecule has 0 atom stereocenters. The summed E-state index contributed by atoms with van der Waals surface area (Å²) in [6.45, 7) is 0.907. The molecule has 0 radical (unpaired) electrons. The van der Waals surface area contributed by atoms with E-state index >= 15 is 0 Å². The quantitative estimate of drug-likeness (QED) is 0.655. The first kappa shape index (κ1) is 19.0. The second-order valence-corrected chi connectivity index (χ2v) is 8.17. The van der Waals surface area contributed by atoms with Gasteiger partial charge in [-0.1, -0.05) is 41.8 Å². The van der Waals surface area contributed by atoms with Gasteiger partial charge >= 0.3 is 0 Å². The van der Waals surface area contributed by atoms with E-state index in [1.165, 1.54) is 56.1 Å². The van der Waals surface area contributed by atoms with Crippen LogP contribution in [0.15, 0.2) is 57.5 Å². The molecule has 3 nitrogen and oxygen atoms in total. The molecule has 0 bridgehead atoms. The average molecular weight is 375 g/mol. The summed E-state index contributed by atoms with van der Waals surface area (Å²) in [6.07, 6.45) is 16.4. The summed E-state index contributed by atoms with van der Waals surface area (Å²) in [5.74, 6) is 0.116. The highest BCUT2D eigenvalue weighted by Crippen LogP contribution is 2.25. The van der Waals surface area contributed by atoms with Gasteiger partial charge in [-0.25, -0.2) is 0 Å². The summed E-state index contributed by atoms with van der Waals surface area (Å²) in [5.41, 5.74) is 6.76. The van der Waals surface area contributed by atoms with Gasteiger partial charge in [-0.05, 0) is 75.5 Å². The molecule has 3 aliphatic rings. The third kappa shape index (κ3) is 4.76. The molecule has 2 fully saturated rings. The summed E-state index contributed by atoms with van der Waals surface area (Å²) in [4.78, 5) is 22.6. The van der Waals surface area contributed by atoms with Crippen LogP contribution in [0, 0.1) is 0 Å². The van der Waals surface area contributed by atoms with Crippen molar-refractivity contribution in [3.05, 3.63) is 58.7 Å². The summed E-state index contributed by atoms with van der Waals surface area (Å²) in [6, 6.07) is 7.93. The van der Waals surface area contributed by atoms with E-state index in [0.717, 1.165) is 41.8 Å². The summed E-state index contributed by atoms with van der Waals surface area (Å²) < 4.78 is 0. The van der Waals surface area contributed by atoms with Crippen molar-refractivity contribution in [3.8, 4) is 0 Å². The fourth-order valence-electron chi connectivity index (χ4n) is 4.46. The number of hydrogen-bond donors (Lipinski definition) is 0. The molecule has 0 saturated heterocycles. The zero-order chi connectivity index (χ0) is 19.2. The van der Waals surface area contributed by atoms with Crippen molar-refractivity contribution in [3.63, 3.8) is 0 Å². The number of Topliss-reactive ketones (excluding diaryl/α,β-unsaturated/α-hetero) is 1. The predicted molar refractivity (Wildman–Crippen MR) is 117 cm³/mol. The predicted octanol–water partition coefficient (Wildman–Crippen LogP) is 5.70. The lowest BCUT2D eigenvalue weighted by Gasteiger charge is -2.15. The van der Waals surface area contributed by atoms with E-state index in [9.17, 15) is 4.79 Å². The molecule has 1 aliphatic heterocycles. The molecule has 2 aliphatic carbocycles. The number of benzene rings is 1. The second-order valence-electron chi connectivity index (χ2n) is 8.17. The summed E-state index contributed by atoms with van der Waals surface area (Å²) >= 11 is 0. The van der Waals surface area contributed by atoms with Crippen LogP contribution in [0.5, 0.6) is 0 Å². The maximum atomic E-state index is 12.8. The summed E-state index contributed by atoms with van der Waals surface area (Å²) in [5, 5.41) is 0. The Morgan fingerprint density at radius 3 is 2.04 bits per heavy atom. The van der Waals surface area contributed by atoms with E-state index in [1.54, 1.807) is 0 Å². The van der Waals surface area contributed by atoms with Crippen LogP contribution in [0.1, 0.15) is 73.7 Å². The number of nitrogens with zero attached hydrogens (tertiary/aromatic N) is 2. The van der Waals surface area contributed by atoms with Crippen molar-refractivity contribution >= 4 is 17.2 Å². The van der Waals surface area contributed by atoms with Gasteiger partial charge in [0.15, 0.2) is 5.78 Å². The number of carbonyl (C=O) groups is 1. The maximum absolute atomic E-state index is 12.8. The zero-order valence-corrected chi connectivity index (χ0v) is 16.8. The number of fused-ring (bicyclic) bond motifs is 1. The van der Waals surface area contributed by atoms with E-state index in [1.807, 2.05) is 24.3 Å². The molecule has 4 rings (SSSR count). The number of carbonyl (C=O) groups excluding carboxylic acids is 1. The molecule has 3 heteroatoms. The monoisotopic (exact) mass is 374 g/mol. The van der Waals surface area contributed by atoms with E-state index in [0.29, 0.717) is 6.54 Å². The van der Waals surface area contributed by atoms with Gasteiger partial charge < -0.3 is 0 Å².